The summed E-state index contributed by atoms with van der Waals surface area (Å²) in [6.45, 7) is 0.516. The Morgan fingerprint density at radius 2 is 2.00 bits per heavy atom. The van der Waals surface area contributed by atoms with Gasteiger partial charge in [-0.3, -0.25) is 15.6 Å². The van der Waals surface area contributed by atoms with Gasteiger partial charge in [-0.15, -0.1) is 0 Å². The molecule has 0 bridgehead atoms. The fourth-order valence-electron chi connectivity index (χ4n) is 2.24. The molecule has 0 aliphatic carbocycles. The SMILES string of the molecule is O=C(/C=C/c1cc(Cl)c2c(c1)OCO2)NNC(=S)NCc1ccc(F)cc1. The first-order chi connectivity index (χ1) is 13.0. The quantitative estimate of drug-likeness (QED) is 0.411. The number of carbonyl (C=O) groups excluding carboxylic acids is 1. The summed E-state index contributed by atoms with van der Waals surface area (Å²) in [7, 11) is 0. The van der Waals surface area contributed by atoms with Crippen LogP contribution in [0.1, 0.15) is 11.1 Å². The Morgan fingerprint density at radius 1 is 1.22 bits per heavy atom. The maximum Gasteiger partial charge on any atom is 0.262 e. The number of hydrazine groups is 1. The van der Waals surface area contributed by atoms with Gasteiger partial charge in [0.2, 0.25) is 6.79 Å². The number of hydrogen-bond donors (Lipinski definition) is 3. The molecule has 0 saturated heterocycles. The second-order valence-electron chi connectivity index (χ2n) is 5.49. The summed E-state index contributed by atoms with van der Waals surface area (Å²) in [5, 5.41) is 3.53. The van der Waals surface area contributed by atoms with E-state index in [9.17, 15) is 9.18 Å². The van der Waals surface area contributed by atoms with Crippen LogP contribution in [0.25, 0.3) is 6.08 Å². The van der Waals surface area contributed by atoms with E-state index in [2.05, 4.69) is 16.2 Å². The topological polar surface area (TPSA) is 71.6 Å². The van der Waals surface area contributed by atoms with E-state index in [1.165, 1.54) is 18.2 Å². The highest BCUT2D eigenvalue weighted by Crippen LogP contribution is 2.39. The molecule has 27 heavy (non-hydrogen) atoms. The van der Waals surface area contributed by atoms with Crippen LogP contribution in [-0.2, 0) is 11.3 Å². The van der Waals surface area contributed by atoms with Crippen molar-refractivity contribution in [3.05, 3.63) is 64.4 Å². The zero-order valence-electron chi connectivity index (χ0n) is 13.9. The summed E-state index contributed by atoms with van der Waals surface area (Å²) in [5.74, 6) is 0.321. The first-order valence-corrected chi connectivity index (χ1v) is 8.65. The minimum atomic E-state index is -0.408. The highest BCUT2D eigenvalue weighted by Gasteiger charge is 2.17. The van der Waals surface area contributed by atoms with Gasteiger partial charge in [-0.25, -0.2) is 4.39 Å². The Balaban J connectivity index is 1.45. The van der Waals surface area contributed by atoms with Crippen molar-refractivity contribution in [2.75, 3.05) is 6.79 Å². The number of ether oxygens (including phenoxy) is 2. The molecule has 0 aromatic heterocycles. The number of halogens is 2. The molecule has 1 aliphatic heterocycles. The third-order valence-corrected chi connectivity index (χ3v) is 4.07. The molecular weight excluding hydrogens is 393 g/mol. The average molecular weight is 408 g/mol. The zero-order chi connectivity index (χ0) is 19.2. The molecule has 1 heterocycles. The highest BCUT2D eigenvalue weighted by atomic mass is 35.5. The molecule has 1 amide bonds. The standard InChI is InChI=1S/C18H15ClFN3O3S/c19-14-7-12(8-15-17(14)26-10-25-15)3-6-16(24)22-23-18(27)21-9-11-1-4-13(20)5-2-11/h1-8H,9-10H2,(H,22,24)(H2,21,23,27)/b6-3+. The normalized spacial score (nSPS) is 12.1. The lowest BCUT2D eigenvalue weighted by molar-refractivity contribution is -0.116. The molecule has 0 fully saturated rings. The van der Waals surface area contributed by atoms with Gasteiger partial charge in [-0.2, -0.15) is 0 Å². The third kappa shape index (κ3) is 5.32. The summed E-state index contributed by atoms with van der Waals surface area (Å²) in [6.07, 6.45) is 2.91. The zero-order valence-corrected chi connectivity index (χ0v) is 15.5. The molecular formula is C18H15ClFN3O3S. The van der Waals surface area contributed by atoms with Crippen LogP contribution in [-0.4, -0.2) is 17.8 Å². The van der Waals surface area contributed by atoms with E-state index in [1.807, 2.05) is 0 Å². The van der Waals surface area contributed by atoms with E-state index in [0.29, 0.717) is 28.6 Å². The fourth-order valence-corrected chi connectivity index (χ4v) is 2.64. The monoisotopic (exact) mass is 407 g/mol. The molecule has 2 aromatic rings. The Kier molecular flexibility index (Phi) is 6.10. The summed E-state index contributed by atoms with van der Waals surface area (Å²) in [5.41, 5.74) is 6.56. The van der Waals surface area contributed by atoms with Crippen molar-refractivity contribution in [1.82, 2.24) is 16.2 Å². The Bertz CT molecular complexity index is 890. The Morgan fingerprint density at radius 3 is 2.78 bits per heavy atom. The average Bonchev–Trinajstić information content (AvgIpc) is 3.13. The molecule has 0 radical (unpaired) electrons. The molecule has 3 rings (SSSR count). The second kappa shape index (κ2) is 8.70. The van der Waals surface area contributed by atoms with Crippen molar-refractivity contribution in [1.29, 1.82) is 0 Å². The van der Waals surface area contributed by atoms with Crippen LogP contribution in [0.4, 0.5) is 4.39 Å². The summed E-state index contributed by atoms with van der Waals surface area (Å²) in [6, 6.07) is 9.40. The van der Waals surface area contributed by atoms with Gasteiger partial charge in [-0.1, -0.05) is 23.7 Å². The van der Waals surface area contributed by atoms with Gasteiger partial charge in [0.15, 0.2) is 16.6 Å². The lowest BCUT2D eigenvalue weighted by Crippen LogP contribution is -2.45. The summed E-state index contributed by atoms with van der Waals surface area (Å²) < 4.78 is 23.3. The number of nitrogens with one attached hydrogen (secondary N) is 3. The van der Waals surface area contributed by atoms with Gasteiger partial charge in [0.1, 0.15) is 5.82 Å². The van der Waals surface area contributed by atoms with E-state index in [0.717, 1.165) is 5.56 Å². The van der Waals surface area contributed by atoms with Gasteiger partial charge >= 0.3 is 0 Å². The van der Waals surface area contributed by atoms with Crippen molar-refractivity contribution >= 4 is 40.9 Å². The van der Waals surface area contributed by atoms with Gasteiger partial charge in [0.05, 0.1) is 5.02 Å². The molecule has 2 aromatic carbocycles. The molecule has 1 aliphatic rings. The van der Waals surface area contributed by atoms with E-state index in [1.54, 1.807) is 30.3 Å². The number of rotatable bonds is 4. The van der Waals surface area contributed by atoms with Crippen LogP contribution < -0.4 is 25.6 Å². The lowest BCUT2D eigenvalue weighted by atomic mass is 10.2. The Hall–Kier alpha value is -2.84. The lowest BCUT2D eigenvalue weighted by Gasteiger charge is -2.10. The van der Waals surface area contributed by atoms with Crippen LogP contribution in [0.15, 0.2) is 42.5 Å². The van der Waals surface area contributed by atoms with Crippen LogP contribution in [0.3, 0.4) is 0 Å². The van der Waals surface area contributed by atoms with Crippen molar-refractivity contribution < 1.29 is 18.7 Å². The predicted molar refractivity (Wildman–Crippen MR) is 104 cm³/mol. The Labute approximate surface area is 165 Å². The van der Waals surface area contributed by atoms with Gasteiger partial charge in [0.25, 0.3) is 5.91 Å². The predicted octanol–water partition coefficient (Wildman–Crippen LogP) is 2.92. The number of hydrogen-bond acceptors (Lipinski definition) is 4. The van der Waals surface area contributed by atoms with Crippen molar-refractivity contribution in [3.63, 3.8) is 0 Å². The van der Waals surface area contributed by atoms with E-state index >= 15 is 0 Å². The third-order valence-electron chi connectivity index (χ3n) is 3.54. The molecule has 3 N–H and O–H groups in total. The van der Waals surface area contributed by atoms with E-state index in [-0.39, 0.29) is 17.7 Å². The maximum absolute atomic E-state index is 12.8. The number of carbonyl (C=O) groups is 1. The number of fused-ring (bicyclic) bond motifs is 1. The molecule has 9 heteroatoms. The van der Waals surface area contributed by atoms with E-state index in [4.69, 9.17) is 33.3 Å². The van der Waals surface area contributed by atoms with Crippen LogP contribution in [0.2, 0.25) is 5.02 Å². The number of amides is 1. The molecule has 6 nitrogen and oxygen atoms in total. The van der Waals surface area contributed by atoms with Crippen LogP contribution in [0, 0.1) is 5.82 Å². The first kappa shape index (κ1) is 18.9. The van der Waals surface area contributed by atoms with Crippen molar-refractivity contribution in [3.8, 4) is 11.5 Å². The maximum atomic E-state index is 12.8. The number of thiocarbonyl (C=S) groups is 1. The summed E-state index contributed by atoms with van der Waals surface area (Å²) >= 11 is 11.2. The molecule has 0 spiro atoms. The van der Waals surface area contributed by atoms with Gasteiger partial charge in [0, 0.05) is 12.6 Å². The number of benzene rings is 2. The molecule has 140 valence electrons. The van der Waals surface area contributed by atoms with Crippen LogP contribution in [0.5, 0.6) is 11.5 Å². The summed E-state index contributed by atoms with van der Waals surface area (Å²) in [4.78, 5) is 11.9. The van der Waals surface area contributed by atoms with Gasteiger partial charge in [-0.05, 0) is 53.7 Å². The van der Waals surface area contributed by atoms with Crippen molar-refractivity contribution in [2.24, 2.45) is 0 Å². The van der Waals surface area contributed by atoms with Crippen molar-refractivity contribution in [2.45, 2.75) is 6.54 Å². The smallest absolute Gasteiger partial charge is 0.262 e. The minimum absolute atomic E-state index is 0.120. The largest absolute Gasteiger partial charge is 0.454 e. The fraction of sp³-hybridized carbons (Fsp3) is 0.111. The van der Waals surface area contributed by atoms with E-state index < -0.39 is 5.91 Å². The molecule has 0 unspecified atom stereocenters. The first-order valence-electron chi connectivity index (χ1n) is 7.87. The minimum Gasteiger partial charge on any atom is -0.454 e. The molecule has 0 atom stereocenters. The second-order valence-corrected chi connectivity index (χ2v) is 6.31. The van der Waals surface area contributed by atoms with Gasteiger partial charge < -0.3 is 14.8 Å². The molecule has 0 saturated carbocycles. The van der Waals surface area contributed by atoms with Crippen LogP contribution >= 0.6 is 23.8 Å². The highest BCUT2D eigenvalue weighted by molar-refractivity contribution is 7.80.